The molecule has 2 atom stereocenters. The zero-order valence-electron chi connectivity index (χ0n) is 10.2. The third-order valence-corrected chi connectivity index (χ3v) is 2.98. The molecule has 0 radical (unpaired) electrons. The number of hydrogen-bond acceptors (Lipinski definition) is 3. The van der Waals surface area contributed by atoms with E-state index in [0.717, 1.165) is 17.7 Å². The highest BCUT2D eigenvalue weighted by molar-refractivity contribution is 5.95. The van der Waals surface area contributed by atoms with Crippen molar-refractivity contribution in [2.45, 2.75) is 32.2 Å². The van der Waals surface area contributed by atoms with Crippen LogP contribution in [0.2, 0.25) is 0 Å². The van der Waals surface area contributed by atoms with Crippen LogP contribution in [0.25, 0.3) is 0 Å². The first-order chi connectivity index (χ1) is 8.20. The van der Waals surface area contributed by atoms with Gasteiger partial charge in [-0.05, 0) is 30.5 Å². The van der Waals surface area contributed by atoms with Crippen molar-refractivity contribution in [1.29, 1.82) is 0 Å². The maximum Gasteiger partial charge on any atom is 0.216 e. The quantitative estimate of drug-likeness (QED) is 0.747. The number of ether oxygens (including phenoxy) is 1. The molecule has 1 aromatic rings. The summed E-state index contributed by atoms with van der Waals surface area (Å²) >= 11 is 0. The maximum absolute atomic E-state index is 10.5. The van der Waals surface area contributed by atoms with E-state index < -0.39 is 0 Å². The van der Waals surface area contributed by atoms with E-state index in [0.29, 0.717) is 13.0 Å². The van der Waals surface area contributed by atoms with Crippen molar-refractivity contribution in [3.8, 4) is 0 Å². The van der Waals surface area contributed by atoms with Crippen LogP contribution in [0, 0.1) is 0 Å². The number of carbonyl (C=O) groups excluding carboxylic acids is 1. The van der Waals surface area contributed by atoms with Gasteiger partial charge in [-0.3, -0.25) is 0 Å². The molecule has 2 rings (SSSR count). The van der Waals surface area contributed by atoms with E-state index in [1.54, 1.807) is 0 Å². The van der Waals surface area contributed by atoms with Crippen LogP contribution in [-0.4, -0.2) is 24.8 Å². The van der Waals surface area contributed by atoms with Gasteiger partial charge in [0, 0.05) is 12.0 Å². The molecule has 2 unspecified atom stereocenters. The fraction of sp³-hybridized carbons (Fsp3) is 0.429. The lowest BCUT2D eigenvalue weighted by Crippen LogP contribution is -2.02. The van der Waals surface area contributed by atoms with Crippen molar-refractivity contribution < 1.29 is 9.53 Å². The number of aldehydes is 1. The molecule has 3 heteroatoms. The average molecular weight is 231 g/mol. The second kappa shape index (κ2) is 5.13. The molecule has 0 spiro atoms. The van der Waals surface area contributed by atoms with Gasteiger partial charge in [0.25, 0.3) is 0 Å². The van der Waals surface area contributed by atoms with Gasteiger partial charge in [-0.2, -0.15) is 0 Å². The normalized spacial score (nSPS) is 20.6. The summed E-state index contributed by atoms with van der Waals surface area (Å²) in [6.45, 7) is 4.75. The van der Waals surface area contributed by atoms with E-state index in [-0.39, 0.29) is 12.0 Å². The van der Waals surface area contributed by atoms with Crippen LogP contribution in [-0.2, 0) is 9.53 Å². The molecule has 3 nitrogen and oxygen atoms in total. The third-order valence-electron chi connectivity index (χ3n) is 2.98. The molecule has 0 saturated carbocycles. The molecule has 0 fully saturated rings. The highest BCUT2D eigenvalue weighted by atomic mass is 16.5. The Morgan fingerprint density at radius 3 is 2.71 bits per heavy atom. The van der Waals surface area contributed by atoms with Gasteiger partial charge in [0.1, 0.15) is 12.9 Å². The summed E-state index contributed by atoms with van der Waals surface area (Å²) < 4.78 is 5.49. The summed E-state index contributed by atoms with van der Waals surface area (Å²) in [5, 5.41) is 0. The van der Waals surface area contributed by atoms with Crippen LogP contribution in [0.15, 0.2) is 29.3 Å². The molecule has 17 heavy (non-hydrogen) atoms. The van der Waals surface area contributed by atoms with Gasteiger partial charge in [-0.15, -0.1) is 0 Å². The Bertz CT molecular complexity index is 422. The molecular weight excluding hydrogens is 214 g/mol. The molecule has 90 valence electrons. The summed E-state index contributed by atoms with van der Waals surface area (Å²) in [5.41, 5.74) is 2.18. The van der Waals surface area contributed by atoms with E-state index in [9.17, 15) is 4.79 Å². The minimum Gasteiger partial charge on any atom is -0.475 e. The fourth-order valence-electron chi connectivity index (χ4n) is 1.87. The van der Waals surface area contributed by atoms with Gasteiger partial charge in [0.15, 0.2) is 0 Å². The standard InChI is InChI=1S/C14H17NO2/c1-10(7-8-16)12-3-5-13(6-4-12)14-15-11(2)9-17-14/h3-6,8,10-11H,7,9H2,1-2H3. The second-order valence-electron chi connectivity index (χ2n) is 4.52. The first kappa shape index (κ1) is 11.8. The number of rotatable bonds is 4. The van der Waals surface area contributed by atoms with Crippen molar-refractivity contribution in [2.75, 3.05) is 6.61 Å². The van der Waals surface area contributed by atoms with Crippen molar-refractivity contribution in [3.63, 3.8) is 0 Å². The van der Waals surface area contributed by atoms with Gasteiger partial charge in [-0.25, -0.2) is 4.99 Å². The topological polar surface area (TPSA) is 38.7 Å². The van der Waals surface area contributed by atoms with Crippen LogP contribution in [0.1, 0.15) is 37.3 Å². The van der Waals surface area contributed by atoms with Crippen LogP contribution >= 0.6 is 0 Å². The zero-order chi connectivity index (χ0) is 12.3. The van der Waals surface area contributed by atoms with E-state index >= 15 is 0 Å². The largest absolute Gasteiger partial charge is 0.475 e. The van der Waals surface area contributed by atoms with Crippen molar-refractivity contribution in [1.82, 2.24) is 0 Å². The van der Waals surface area contributed by atoms with Crippen molar-refractivity contribution in [3.05, 3.63) is 35.4 Å². The summed E-state index contributed by atoms with van der Waals surface area (Å²) in [7, 11) is 0. The lowest BCUT2D eigenvalue weighted by Gasteiger charge is -2.09. The molecule has 0 aliphatic carbocycles. The zero-order valence-corrected chi connectivity index (χ0v) is 10.2. The average Bonchev–Trinajstić information content (AvgIpc) is 2.76. The minimum absolute atomic E-state index is 0.249. The number of carbonyl (C=O) groups is 1. The molecular formula is C14H17NO2. The molecule has 0 amide bonds. The highest BCUT2D eigenvalue weighted by Crippen LogP contribution is 2.19. The Kier molecular flexibility index (Phi) is 3.57. The molecule has 1 heterocycles. The molecule has 0 bridgehead atoms. The first-order valence-electron chi connectivity index (χ1n) is 5.95. The Labute approximate surface area is 102 Å². The maximum atomic E-state index is 10.5. The van der Waals surface area contributed by atoms with Gasteiger partial charge in [0.05, 0.1) is 6.04 Å². The summed E-state index contributed by atoms with van der Waals surface area (Å²) in [6.07, 6.45) is 1.53. The summed E-state index contributed by atoms with van der Waals surface area (Å²) in [5.74, 6) is 0.999. The first-order valence-corrected chi connectivity index (χ1v) is 5.95. The predicted molar refractivity (Wildman–Crippen MR) is 67.5 cm³/mol. The molecule has 1 aliphatic heterocycles. The van der Waals surface area contributed by atoms with Crippen LogP contribution in [0.5, 0.6) is 0 Å². The number of benzene rings is 1. The van der Waals surface area contributed by atoms with E-state index in [1.165, 1.54) is 5.56 Å². The SMILES string of the molecule is CC1COC(c2ccc(C(C)CC=O)cc2)=N1. The molecule has 0 N–H and O–H groups in total. The molecule has 1 aromatic carbocycles. The smallest absolute Gasteiger partial charge is 0.216 e. The highest BCUT2D eigenvalue weighted by Gasteiger charge is 2.16. The van der Waals surface area contributed by atoms with Gasteiger partial charge in [0.2, 0.25) is 5.90 Å². The number of nitrogens with zero attached hydrogens (tertiary/aromatic N) is 1. The molecule has 0 aromatic heterocycles. The van der Waals surface area contributed by atoms with Crippen molar-refractivity contribution >= 4 is 12.2 Å². The Hall–Kier alpha value is -1.64. The molecule has 1 aliphatic rings. The lowest BCUT2D eigenvalue weighted by atomic mass is 9.97. The van der Waals surface area contributed by atoms with Crippen LogP contribution in [0.4, 0.5) is 0 Å². The van der Waals surface area contributed by atoms with Crippen molar-refractivity contribution in [2.24, 2.45) is 4.99 Å². The van der Waals surface area contributed by atoms with E-state index in [4.69, 9.17) is 4.74 Å². The van der Waals surface area contributed by atoms with Crippen LogP contribution < -0.4 is 0 Å². The third kappa shape index (κ3) is 2.73. The van der Waals surface area contributed by atoms with Crippen LogP contribution in [0.3, 0.4) is 0 Å². The van der Waals surface area contributed by atoms with E-state index in [1.807, 2.05) is 31.2 Å². The minimum atomic E-state index is 0.249. The Morgan fingerprint density at radius 2 is 2.18 bits per heavy atom. The molecule has 0 saturated heterocycles. The lowest BCUT2D eigenvalue weighted by molar-refractivity contribution is -0.108. The number of hydrogen-bond donors (Lipinski definition) is 0. The fourth-order valence-corrected chi connectivity index (χ4v) is 1.87. The monoisotopic (exact) mass is 231 g/mol. The van der Waals surface area contributed by atoms with Gasteiger partial charge >= 0.3 is 0 Å². The summed E-state index contributed by atoms with van der Waals surface area (Å²) in [4.78, 5) is 14.9. The van der Waals surface area contributed by atoms with Gasteiger partial charge < -0.3 is 9.53 Å². The summed E-state index contributed by atoms with van der Waals surface area (Å²) in [6, 6.07) is 8.34. The van der Waals surface area contributed by atoms with Gasteiger partial charge in [-0.1, -0.05) is 19.1 Å². The Balaban J connectivity index is 2.13. The predicted octanol–water partition coefficient (Wildman–Crippen LogP) is 2.54. The second-order valence-corrected chi connectivity index (χ2v) is 4.52. The van der Waals surface area contributed by atoms with E-state index in [2.05, 4.69) is 11.9 Å². The number of aliphatic imine (C=N–C) groups is 1. The Morgan fingerprint density at radius 1 is 1.47 bits per heavy atom.